The van der Waals surface area contributed by atoms with Crippen LogP contribution in [-0.2, 0) is 16.1 Å². The first-order chi connectivity index (χ1) is 13.0. The molecule has 3 aromatic rings. The van der Waals surface area contributed by atoms with Crippen LogP contribution in [0.3, 0.4) is 0 Å². The van der Waals surface area contributed by atoms with Crippen LogP contribution in [0.5, 0.6) is 5.75 Å². The second-order valence-electron chi connectivity index (χ2n) is 6.60. The van der Waals surface area contributed by atoms with Gasteiger partial charge in [0.15, 0.2) is 0 Å². The van der Waals surface area contributed by atoms with Crippen LogP contribution >= 0.6 is 0 Å². The smallest absolute Gasteiger partial charge is 0.323 e. The van der Waals surface area contributed by atoms with Gasteiger partial charge in [0.1, 0.15) is 5.75 Å². The van der Waals surface area contributed by atoms with Crippen LogP contribution in [-0.4, -0.2) is 33.4 Å². The maximum absolute atomic E-state index is 12.5. The summed E-state index contributed by atoms with van der Waals surface area (Å²) in [5.74, 6) is -0.720. The number of carbonyl (C=O) groups excluding carboxylic acids is 2. The maximum Gasteiger partial charge on any atom is 0.323 e. The molecule has 27 heavy (non-hydrogen) atoms. The lowest BCUT2D eigenvalue weighted by molar-refractivity contribution is -0.126. The molecule has 1 aromatic heterocycles. The van der Waals surface area contributed by atoms with Crippen molar-refractivity contribution in [1.82, 2.24) is 15.3 Å². The van der Waals surface area contributed by atoms with Gasteiger partial charge in [-0.15, -0.1) is 0 Å². The highest BCUT2D eigenvalue weighted by atomic mass is 16.3. The Kier molecular flexibility index (Phi) is 4.15. The lowest BCUT2D eigenvalue weighted by atomic mass is 10.1. The van der Waals surface area contributed by atoms with Crippen LogP contribution in [0.1, 0.15) is 12.0 Å². The maximum atomic E-state index is 12.5. The van der Waals surface area contributed by atoms with Crippen LogP contribution in [0.4, 0.5) is 5.69 Å². The fourth-order valence-electron chi connectivity index (χ4n) is 3.32. The monoisotopic (exact) mass is 366 g/mol. The molecule has 1 saturated heterocycles. The topological polar surface area (TPSA) is 118 Å². The van der Waals surface area contributed by atoms with Crippen molar-refractivity contribution in [3.05, 3.63) is 58.5 Å². The van der Waals surface area contributed by atoms with Crippen molar-refractivity contribution in [2.45, 2.75) is 13.0 Å². The third-order valence-electron chi connectivity index (χ3n) is 4.68. The number of benzene rings is 2. The van der Waals surface area contributed by atoms with Crippen LogP contribution in [0.25, 0.3) is 11.0 Å². The van der Waals surface area contributed by atoms with Crippen molar-refractivity contribution in [3.63, 3.8) is 0 Å². The molecular weight excluding hydrogens is 348 g/mol. The number of hydrogen-bond donors (Lipinski definition) is 4. The Morgan fingerprint density at radius 1 is 1.15 bits per heavy atom. The minimum Gasteiger partial charge on any atom is -0.508 e. The molecule has 4 rings (SSSR count). The molecule has 1 unspecified atom stereocenters. The molecule has 2 amide bonds. The summed E-state index contributed by atoms with van der Waals surface area (Å²) >= 11 is 0. The Bertz CT molecular complexity index is 1080. The van der Waals surface area contributed by atoms with E-state index in [4.69, 9.17) is 0 Å². The van der Waals surface area contributed by atoms with E-state index in [2.05, 4.69) is 15.3 Å². The number of nitrogens with one attached hydrogen (secondary N) is 3. The van der Waals surface area contributed by atoms with E-state index in [-0.39, 0.29) is 36.2 Å². The normalized spacial score (nSPS) is 16.8. The molecule has 8 heteroatoms. The van der Waals surface area contributed by atoms with E-state index in [0.29, 0.717) is 23.3 Å². The first-order valence-electron chi connectivity index (χ1n) is 8.57. The molecule has 0 bridgehead atoms. The first kappa shape index (κ1) is 16.9. The third kappa shape index (κ3) is 3.41. The van der Waals surface area contributed by atoms with Gasteiger partial charge in [0.2, 0.25) is 11.8 Å². The number of carbonyl (C=O) groups is 2. The summed E-state index contributed by atoms with van der Waals surface area (Å²) in [5, 5.41) is 12.4. The van der Waals surface area contributed by atoms with Gasteiger partial charge in [-0.2, -0.15) is 0 Å². The van der Waals surface area contributed by atoms with Crippen molar-refractivity contribution in [2.75, 3.05) is 11.4 Å². The number of aromatic nitrogens is 2. The molecule has 1 aliphatic rings. The number of rotatable bonds is 4. The molecule has 0 radical (unpaired) electrons. The highest BCUT2D eigenvalue weighted by Crippen LogP contribution is 2.27. The standard InChI is InChI=1S/C19H18N4O4/c24-14-3-1-2-13(8-14)23-10-12(7-17(23)25)18(26)20-9-11-4-5-15-16(6-11)22-19(27)21-15/h1-6,8,12,24H,7,9-10H2,(H,20,26)(H2,21,22,27). The largest absolute Gasteiger partial charge is 0.508 e. The zero-order valence-electron chi connectivity index (χ0n) is 14.4. The number of aromatic amines is 2. The van der Waals surface area contributed by atoms with E-state index in [1.54, 1.807) is 24.3 Å². The lowest BCUT2D eigenvalue weighted by Crippen LogP contribution is -2.32. The van der Waals surface area contributed by atoms with Crippen LogP contribution in [0.15, 0.2) is 47.3 Å². The molecule has 1 aliphatic heterocycles. The molecule has 0 aliphatic carbocycles. The van der Waals surface area contributed by atoms with E-state index in [1.165, 1.54) is 17.0 Å². The number of aromatic hydroxyl groups is 1. The number of H-pyrrole nitrogens is 2. The van der Waals surface area contributed by atoms with Gasteiger partial charge in [0.25, 0.3) is 0 Å². The lowest BCUT2D eigenvalue weighted by Gasteiger charge is -2.17. The van der Waals surface area contributed by atoms with Crippen LogP contribution < -0.4 is 15.9 Å². The summed E-state index contributed by atoms with van der Waals surface area (Å²) < 4.78 is 0. The Morgan fingerprint density at radius 3 is 2.78 bits per heavy atom. The number of anilines is 1. The van der Waals surface area contributed by atoms with Gasteiger partial charge in [-0.05, 0) is 29.8 Å². The van der Waals surface area contributed by atoms with Crippen LogP contribution in [0.2, 0.25) is 0 Å². The Hall–Kier alpha value is -3.55. The summed E-state index contributed by atoms with van der Waals surface area (Å²) in [6.45, 7) is 0.580. The first-order valence-corrected chi connectivity index (χ1v) is 8.57. The zero-order valence-corrected chi connectivity index (χ0v) is 14.4. The minimum absolute atomic E-state index is 0.0754. The number of imidazole rings is 1. The van der Waals surface area contributed by atoms with Gasteiger partial charge in [-0.1, -0.05) is 12.1 Å². The summed E-state index contributed by atoms with van der Waals surface area (Å²) in [6, 6.07) is 11.8. The third-order valence-corrected chi connectivity index (χ3v) is 4.68. The fourth-order valence-corrected chi connectivity index (χ4v) is 3.32. The van der Waals surface area contributed by atoms with Crippen LogP contribution in [0, 0.1) is 5.92 Å². The van der Waals surface area contributed by atoms with E-state index < -0.39 is 5.92 Å². The van der Waals surface area contributed by atoms with Gasteiger partial charge in [-0.25, -0.2) is 4.79 Å². The molecule has 2 heterocycles. The average molecular weight is 366 g/mol. The summed E-state index contributed by atoms with van der Waals surface area (Å²) in [4.78, 5) is 42.9. The summed E-state index contributed by atoms with van der Waals surface area (Å²) in [7, 11) is 0. The molecule has 138 valence electrons. The predicted octanol–water partition coefficient (Wildman–Crippen LogP) is 1.23. The van der Waals surface area contributed by atoms with Gasteiger partial charge in [0.05, 0.1) is 17.0 Å². The predicted molar refractivity (Wildman–Crippen MR) is 99.3 cm³/mol. The quantitative estimate of drug-likeness (QED) is 0.555. The average Bonchev–Trinajstić information content (AvgIpc) is 3.21. The second kappa shape index (κ2) is 6.64. The molecule has 0 spiro atoms. The zero-order chi connectivity index (χ0) is 19.0. The Balaban J connectivity index is 1.40. The van der Waals surface area contributed by atoms with E-state index in [1.807, 2.05) is 6.07 Å². The molecule has 1 atom stereocenters. The molecular formula is C19H18N4O4. The Labute approximate surface area is 153 Å². The molecule has 8 nitrogen and oxygen atoms in total. The van der Waals surface area contributed by atoms with Crippen molar-refractivity contribution in [2.24, 2.45) is 5.92 Å². The Morgan fingerprint density at radius 2 is 1.96 bits per heavy atom. The van der Waals surface area contributed by atoms with Gasteiger partial charge >= 0.3 is 5.69 Å². The van der Waals surface area contributed by atoms with Crippen molar-refractivity contribution < 1.29 is 14.7 Å². The molecule has 1 fully saturated rings. The molecule has 2 aromatic carbocycles. The molecule has 4 N–H and O–H groups in total. The second-order valence-corrected chi connectivity index (χ2v) is 6.60. The van der Waals surface area contributed by atoms with Crippen molar-refractivity contribution in [3.8, 4) is 5.75 Å². The number of amides is 2. The minimum atomic E-state index is -0.448. The summed E-state index contributed by atoms with van der Waals surface area (Å²) in [6.07, 6.45) is 0.131. The van der Waals surface area contributed by atoms with E-state index >= 15 is 0 Å². The number of fused-ring (bicyclic) bond motifs is 1. The highest BCUT2D eigenvalue weighted by molar-refractivity contribution is 6.00. The summed E-state index contributed by atoms with van der Waals surface area (Å²) in [5.41, 5.74) is 2.54. The number of phenols is 1. The van der Waals surface area contributed by atoms with Crippen molar-refractivity contribution in [1.29, 1.82) is 0 Å². The number of phenolic OH excluding ortho intramolecular Hbond substituents is 1. The van der Waals surface area contributed by atoms with Crippen molar-refractivity contribution >= 4 is 28.5 Å². The van der Waals surface area contributed by atoms with Gasteiger partial charge < -0.3 is 25.3 Å². The fraction of sp³-hybridized carbons (Fsp3) is 0.211. The highest BCUT2D eigenvalue weighted by Gasteiger charge is 2.35. The SMILES string of the molecule is O=C(NCc1ccc2[nH]c(=O)[nH]c2c1)C1CC(=O)N(c2cccc(O)c2)C1. The van der Waals surface area contributed by atoms with Gasteiger partial charge in [-0.3, -0.25) is 9.59 Å². The number of hydrogen-bond acceptors (Lipinski definition) is 4. The van der Waals surface area contributed by atoms with E-state index in [0.717, 1.165) is 5.56 Å². The molecule has 0 saturated carbocycles. The number of nitrogens with zero attached hydrogens (tertiary/aromatic N) is 1. The van der Waals surface area contributed by atoms with Gasteiger partial charge in [0, 0.05) is 31.3 Å². The van der Waals surface area contributed by atoms with E-state index in [9.17, 15) is 19.5 Å².